The highest BCUT2D eigenvalue weighted by Crippen LogP contribution is 2.37. The van der Waals surface area contributed by atoms with Gasteiger partial charge in [0.1, 0.15) is 11.4 Å². The first kappa shape index (κ1) is 15.1. The number of hydrogen-bond donors (Lipinski definition) is 0. The van der Waals surface area contributed by atoms with Gasteiger partial charge in [-0.05, 0) is 16.8 Å². The van der Waals surface area contributed by atoms with Crippen molar-refractivity contribution in [3.05, 3.63) is 72.6 Å². The van der Waals surface area contributed by atoms with Crippen molar-refractivity contribution >= 4 is 32.8 Å². The van der Waals surface area contributed by atoms with Crippen LogP contribution in [0.2, 0.25) is 0 Å². The molecular formula is C23H18N2O. The number of nitrogens with zero attached hydrogens (tertiary/aromatic N) is 2. The van der Waals surface area contributed by atoms with E-state index in [-0.39, 0.29) is 5.92 Å². The van der Waals surface area contributed by atoms with Crippen molar-refractivity contribution in [1.82, 2.24) is 9.97 Å². The second-order valence-corrected chi connectivity index (χ2v) is 6.89. The average molecular weight is 338 g/mol. The third-order valence-electron chi connectivity index (χ3n) is 4.82. The number of hydrogen-bond acceptors (Lipinski definition) is 3. The van der Waals surface area contributed by atoms with Crippen LogP contribution in [-0.2, 0) is 0 Å². The van der Waals surface area contributed by atoms with Crippen molar-refractivity contribution in [2.45, 2.75) is 19.8 Å². The maximum absolute atomic E-state index is 6.07. The second kappa shape index (κ2) is 5.67. The van der Waals surface area contributed by atoms with Crippen molar-refractivity contribution in [1.29, 1.82) is 0 Å². The monoisotopic (exact) mass is 338 g/mol. The van der Waals surface area contributed by atoms with Crippen LogP contribution in [0, 0.1) is 0 Å². The fourth-order valence-corrected chi connectivity index (χ4v) is 3.52. The summed E-state index contributed by atoms with van der Waals surface area (Å²) in [5.41, 5.74) is 3.57. The Morgan fingerprint density at radius 1 is 0.769 bits per heavy atom. The van der Waals surface area contributed by atoms with Crippen LogP contribution in [0.5, 0.6) is 0 Å². The number of fused-ring (bicyclic) bond motifs is 4. The molecule has 0 unspecified atom stereocenters. The number of aromatic nitrogens is 2. The van der Waals surface area contributed by atoms with Crippen LogP contribution in [0.15, 0.2) is 71.1 Å². The summed E-state index contributed by atoms with van der Waals surface area (Å²) in [5, 5.41) is 4.44. The smallest absolute Gasteiger partial charge is 0.231 e. The van der Waals surface area contributed by atoms with E-state index in [9.17, 15) is 0 Å². The van der Waals surface area contributed by atoms with Gasteiger partial charge in [-0.1, -0.05) is 74.5 Å². The zero-order valence-electron chi connectivity index (χ0n) is 14.7. The Morgan fingerprint density at radius 3 is 2.35 bits per heavy atom. The third kappa shape index (κ3) is 2.21. The normalized spacial score (nSPS) is 11.8. The highest BCUT2D eigenvalue weighted by atomic mass is 16.3. The lowest BCUT2D eigenvalue weighted by molar-refractivity contribution is 0.643. The summed E-state index contributed by atoms with van der Waals surface area (Å²) in [5.74, 6) is 1.03. The molecule has 5 aromatic rings. The predicted molar refractivity (Wildman–Crippen MR) is 106 cm³/mol. The molecule has 126 valence electrons. The van der Waals surface area contributed by atoms with E-state index in [0.29, 0.717) is 5.71 Å². The van der Waals surface area contributed by atoms with Gasteiger partial charge in [0, 0.05) is 16.9 Å². The van der Waals surface area contributed by atoms with Crippen LogP contribution >= 0.6 is 0 Å². The molecule has 0 N–H and O–H groups in total. The molecule has 3 aromatic carbocycles. The van der Waals surface area contributed by atoms with Crippen LogP contribution in [0.25, 0.3) is 44.1 Å². The molecule has 0 aliphatic heterocycles. The molecule has 0 radical (unpaired) electrons. The fourth-order valence-electron chi connectivity index (χ4n) is 3.52. The maximum atomic E-state index is 6.07. The topological polar surface area (TPSA) is 38.9 Å². The molecule has 2 aromatic heterocycles. The van der Waals surface area contributed by atoms with Crippen molar-refractivity contribution in [2.75, 3.05) is 0 Å². The van der Waals surface area contributed by atoms with E-state index >= 15 is 0 Å². The van der Waals surface area contributed by atoms with Crippen molar-refractivity contribution in [3.8, 4) is 11.3 Å². The summed E-state index contributed by atoms with van der Waals surface area (Å²) in [6, 6.07) is 22.8. The molecule has 2 heterocycles. The predicted octanol–water partition coefficient (Wildman–Crippen LogP) is 6.32. The zero-order valence-corrected chi connectivity index (χ0v) is 14.7. The molecule has 0 aliphatic carbocycles. The number of para-hydroxylation sites is 1. The maximum Gasteiger partial charge on any atom is 0.231 e. The van der Waals surface area contributed by atoms with Crippen LogP contribution < -0.4 is 0 Å². The van der Waals surface area contributed by atoms with E-state index in [2.05, 4.69) is 62.4 Å². The molecule has 0 bridgehead atoms. The fraction of sp³-hybridized carbons (Fsp3) is 0.130. The largest absolute Gasteiger partial charge is 0.438 e. The standard InChI is InChI=1S/C23H18N2O/c1-14(2)22-24-21(17-12-7-9-15-8-3-4-10-16(15)17)20-18-11-5-6-13-19(18)26-23(20)25-22/h3-14H,1-2H3. The molecule has 0 saturated carbocycles. The Labute approximate surface area is 151 Å². The van der Waals surface area contributed by atoms with Gasteiger partial charge in [0.2, 0.25) is 5.71 Å². The van der Waals surface area contributed by atoms with Gasteiger partial charge in [-0.2, -0.15) is 4.98 Å². The molecule has 0 saturated heterocycles. The van der Waals surface area contributed by atoms with Crippen LogP contribution in [0.1, 0.15) is 25.6 Å². The van der Waals surface area contributed by atoms with Gasteiger partial charge < -0.3 is 4.42 Å². The van der Waals surface area contributed by atoms with Gasteiger partial charge in [-0.15, -0.1) is 0 Å². The minimum Gasteiger partial charge on any atom is -0.438 e. The molecule has 0 aliphatic rings. The highest BCUT2D eigenvalue weighted by Gasteiger charge is 2.19. The minimum absolute atomic E-state index is 0.223. The molecule has 5 rings (SSSR count). The van der Waals surface area contributed by atoms with Gasteiger partial charge in [0.25, 0.3) is 0 Å². The number of furan rings is 1. The molecule has 26 heavy (non-hydrogen) atoms. The van der Waals surface area contributed by atoms with Gasteiger partial charge in [-0.25, -0.2) is 4.98 Å². The molecule has 0 atom stereocenters. The van der Waals surface area contributed by atoms with E-state index in [1.165, 1.54) is 10.8 Å². The van der Waals surface area contributed by atoms with Crippen molar-refractivity contribution in [2.24, 2.45) is 0 Å². The Balaban J connectivity index is 1.97. The first-order chi connectivity index (χ1) is 12.7. The Morgan fingerprint density at radius 2 is 1.50 bits per heavy atom. The summed E-state index contributed by atoms with van der Waals surface area (Å²) in [6.07, 6.45) is 0. The Hall–Kier alpha value is -3.20. The summed E-state index contributed by atoms with van der Waals surface area (Å²) < 4.78 is 6.07. The van der Waals surface area contributed by atoms with Crippen molar-refractivity contribution in [3.63, 3.8) is 0 Å². The van der Waals surface area contributed by atoms with E-state index in [0.717, 1.165) is 33.4 Å². The summed E-state index contributed by atoms with van der Waals surface area (Å²) in [6.45, 7) is 4.22. The lowest BCUT2D eigenvalue weighted by Gasteiger charge is -2.10. The van der Waals surface area contributed by atoms with E-state index in [4.69, 9.17) is 14.4 Å². The second-order valence-electron chi connectivity index (χ2n) is 6.89. The number of rotatable bonds is 2. The van der Waals surface area contributed by atoms with Crippen LogP contribution in [-0.4, -0.2) is 9.97 Å². The first-order valence-corrected chi connectivity index (χ1v) is 8.89. The van der Waals surface area contributed by atoms with E-state index < -0.39 is 0 Å². The lowest BCUT2D eigenvalue weighted by atomic mass is 9.99. The molecule has 0 amide bonds. The first-order valence-electron chi connectivity index (χ1n) is 8.89. The quantitative estimate of drug-likeness (QED) is 0.378. The summed E-state index contributed by atoms with van der Waals surface area (Å²) >= 11 is 0. The average Bonchev–Trinajstić information content (AvgIpc) is 3.05. The van der Waals surface area contributed by atoms with E-state index in [1.807, 2.05) is 18.2 Å². The summed E-state index contributed by atoms with van der Waals surface area (Å²) in [7, 11) is 0. The summed E-state index contributed by atoms with van der Waals surface area (Å²) in [4.78, 5) is 9.67. The Bertz CT molecular complexity index is 1260. The van der Waals surface area contributed by atoms with Crippen LogP contribution in [0.4, 0.5) is 0 Å². The lowest BCUT2D eigenvalue weighted by Crippen LogP contribution is -2.00. The van der Waals surface area contributed by atoms with Gasteiger partial charge in [-0.3, -0.25) is 0 Å². The zero-order chi connectivity index (χ0) is 17.7. The minimum atomic E-state index is 0.223. The van der Waals surface area contributed by atoms with Gasteiger partial charge >= 0.3 is 0 Å². The van der Waals surface area contributed by atoms with E-state index in [1.54, 1.807) is 0 Å². The molecular weight excluding hydrogens is 320 g/mol. The molecule has 3 nitrogen and oxygen atoms in total. The molecule has 0 spiro atoms. The van der Waals surface area contributed by atoms with Crippen LogP contribution in [0.3, 0.4) is 0 Å². The van der Waals surface area contributed by atoms with Gasteiger partial charge in [0.15, 0.2) is 0 Å². The third-order valence-corrected chi connectivity index (χ3v) is 4.82. The highest BCUT2D eigenvalue weighted by molar-refractivity contribution is 6.13. The SMILES string of the molecule is CC(C)c1nc(-c2cccc3ccccc23)c2c(n1)oc1ccccc12. The Kier molecular flexibility index (Phi) is 3.29. The number of benzene rings is 3. The van der Waals surface area contributed by atoms with Gasteiger partial charge in [0.05, 0.1) is 11.1 Å². The molecule has 3 heteroatoms. The molecule has 0 fully saturated rings. The van der Waals surface area contributed by atoms with Crippen molar-refractivity contribution < 1.29 is 4.42 Å².